The normalized spacial score (nSPS) is 23.7. The van der Waals surface area contributed by atoms with Crippen molar-refractivity contribution in [2.75, 3.05) is 5.32 Å². The van der Waals surface area contributed by atoms with Gasteiger partial charge in [-0.05, 0) is 36.8 Å². The average Bonchev–Trinajstić information content (AvgIpc) is 2.80. The molecule has 0 aromatic heterocycles. The topological polar surface area (TPSA) is 38.3 Å². The Morgan fingerprint density at radius 3 is 2.61 bits per heavy atom. The molecule has 3 rings (SSSR count). The first kappa shape index (κ1) is 16.1. The first-order valence-electron chi connectivity index (χ1n) is 7.08. The van der Waals surface area contributed by atoms with E-state index >= 15 is 0 Å². The lowest BCUT2D eigenvalue weighted by atomic mass is 9.91. The van der Waals surface area contributed by atoms with Gasteiger partial charge in [0.25, 0.3) is 0 Å². The molecule has 0 aliphatic carbocycles. The molecule has 23 heavy (non-hydrogen) atoms. The number of ether oxygens (including phenoxy) is 1. The van der Waals surface area contributed by atoms with Crippen LogP contribution in [0.15, 0.2) is 42.5 Å². The third-order valence-electron chi connectivity index (χ3n) is 3.94. The van der Waals surface area contributed by atoms with Gasteiger partial charge in [-0.3, -0.25) is 0 Å². The molecule has 0 saturated carbocycles. The molecule has 0 bridgehead atoms. The maximum Gasteiger partial charge on any atom is 0.329 e. The molecule has 1 heterocycles. The smallest absolute Gasteiger partial charge is 0.329 e. The summed E-state index contributed by atoms with van der Waals surface area (Å²) in [6.07, 6.45) is 0.403. The van der Waals surface area contributed by atoms with Crippen LogP contribution in [0.5, 0.6) is 0 Å². The van der Waals surface area contributed by atoms with E-state index < -0.39 is 11.6 Å². The zero-order valence-corrected chi connectivity index (χ0v) is 13.8. The average molecular weight is 354 g/mol. The first-order chi connectivity index (χ1) is 10.9. The predicted molar refractivity (Wildman–Crippen MR) is 88.3 cm³/mol. The second-order valence-corrected chi connectivity index (χ2v) is 6.45. The maximum atomic E-state index is 13.1. The van der Waals surface area contributed by atoms with Crippen molar-refractivity contribution in [1.82, 2.24) is 0 Å². The Morgan fingerprint density at radius 2 is 1.91 bits per heavy atom. The molecule has 2 unspecified atom stereocenters. The minimum Gasteiger partial charge on any atom is -0.453 e. The summed E-state index contributed by atoms with van der Waals surface area (Å²) in [7, 11) is 0. The summed E-state index contributed by atoms with van der Waals surface area (Å²) in [6, 6.07) is 10.6. The van der Waals surface area contributed by atoms with Gasteiger partial charge in [-0.25, -0.2) is 9.18 Å². The number of esters is 1. The fourth-order valence-electron chi connectivity index (χ4n) is 2.70. The van der Waals surface area contributed by atoms with E-state index in [-0.39, 0.29) is 11.8 Å². The van der Waals surface area contributed by atoms with Crippen LogP contribution in [-0.4, -0.2) is 12.0 Å². The quantitative estimate of drug-likeness (QED) is 0.807. The number of hydrogen-bond acceptors (Lipinski definition) is 3. The largest absolute Gasteiger partial charge is 0.453 e. The molecule has 1 N–H and O–H groups in total. The van der Waals surface area contributed by atoms with Gasteiger partial charge in [0, 0.05) is 6.42 Å². The summed E-state index contributed by atoms with van der Waals surface area (Å²) in [6.45, 7) is 1.80. The third kappa shape index (κ3) is 3.14. The van der Waals surface area contributed by atoms with Gasteiger partial charge in [0.15, 0.2) is 0 Å². The van der Waals surface area contributed by atoms with Crippen LogP contribution in [0.2, 0.25) is 10.0 Å². The van der Waals surface area contributed by atoms with Gasteiger partial charge < -0.3 is 10.1 Å². The molecule has 2 aromatic rings. The van der Waals surface area contributed by atoms with E-state index in [1.165, 1.54) is 12.1 Å². The monoisotopic (exact) mass is 353 g/mol. The van der Waals surface area contributed by atoms with Crippen molar-refractivity contribution >= 4 is 34.9 Å². The maximum absolute atomic E-state index is 13.1. The van der Waals surface area contributed by atoms with Gasteiger partial charge >= 0.3 is 5.97 Å². The van der Waals surface area contributed by atoms with E-state index in [1.807, 2.05) is 0 Å². The van der Waals surface area contributed by atoms with Crippen LogP contribution in [-0.2, 0) is 15.1 Å². The fraction of sp³-hybridized carbons (Fsp3) is 0.235. The third-order valence-corrected chi connectivity index (χ3v) is 4.76. The Kier molecular flexibility index (Phi) is 4.21. The van der Waals surface area contributed by atoms with Crippen LogP contribution in [0.1, 0.15) is 18.9 Å². The van der Waals surface area contributed by atoms with E-state index in [4.69, 9.17) is 27.9 Å². The molecule has 3 nitrogen and oxygen atoms in total. The highest BCUT2D eigenvalue weighted by molar-refractivity contribution is 6.43. The summed E-state index contributed by atoms with van der Waals surface area (Å²) in [5, 5.41) is 3.84. The van der Waals surface area contributed by atoms with Crippen molar-refractivity contribution in [3.05, 3.63) is 63.9 Å². The van der Waals surface area contributed by atoms with Crippen molar-refractivity contribution in [1.29, 1.82) is 0 Å². The Balaban J connectivity index is 1.82. The summed E-state index contributed by atoms with van der Waals surface area (Å²) in [5.74, 6) is -0.713. The molecule has 1 aliphatic heterocycles. The van der Waals surface area contributed by atoms with E-state index in [0.717, 1.165) is 5.56 Å². The number of carbonyl (C=O) groups is 1. The highest BCUT2D eigenvalue weighted by Gasteiger charge is 2.44. The number of anilines is 1. The van der Waals surface area contributed by atoms with Gasteiger partial charge in [-0.15, -0.1) is 0 Å². The number of carbonyl (C=O) groups excluding carboxylic acids is 1. The highest BCUT2D eigenvalue weighted by atomic mass is 35.5. The van der Waals surface area contributed by atoms with Gasteiger partial charge in [0.2, 0.25) is 0 Å². The lowest BCUT2D eigenvalue weighted by Crippen LogP contribution is -2.25. The van der Waals surface area contributed by atoms with E-state index in [2.05, 4.69) is 5.32 Å². The van der Waals surface area contributed by atoms with Crippen LogP contribution >= 0.6 is 23.2 Å². The van der Waals surface area contributed by atoms with Crippen LogP contribution in [0.3, 0.4) is 0 Å². The molecule has 120 valence electrons. The van der Waals surface area contributed by atoms with Crippen molar-refractivity contribution < 1.29 is 13.9 Å². The zero-order valence-electron chi connectivity index (χ0n) is 12.3. The number of benzene rings is 2. The number of rotatable bonds is 3. The molecular formula is C17H14Cl2FNO2. The lowest BCUT2D eigenvalue weighted by molar-refractivity contribution is -0.148. The van der Waals surface area contributed by atoms with Crippen molar-refractivity contribution in [3.8, 4) is 0 Å². The lowest BCUT2D eigenvalue weighted by Gasteiger charge is -2.23. The number of nitrogens with one attached hydrogen (secondary N) is 1. The van der Waals surface area contributed by atoms with E-state index in [9.17, 15) is 9.18 Å². The summed E-state index contributed by atoms with van der Waals surface area (Å²) < 4.78 is 18.6. The molecule has 2 atom stereocenters. The minimum absolute atomic E-state index is 0.331. The minimum atomic E-state index is -0.812. The second kappa shape index (κ2) is 6.02. The van der Waals surface area contributed by atoms with Gasteiger partial charge in [0.1, 0.15) is 17.5 Å². The van der Waals surface area contributed by atoms with Gasteiger partial charge in [-0.2, -0.15) is 0 Å². The zero-order chi connectivity index (χ0) is 16.6. The van der Waals surface area contributed by atoms with E-state index in [1.54, 1.807) is 37.3 Å². The summed E-state index contributed by atoms with van der Waals surface area (Å²) in [4.78, 5) is 12.2. The number of cyclic esters (lactones) is 1. The second-order valence-electron chi connectivity index (χ2n) is 5.66. The molecule has 1 aliphatic rings. The SMILES string of the molecule is CC1(c2ccc(F)cc2)CC(Nc2cccc(Cl)c2Cl)C(=O)O1. The van der Waals surface area contributed by atoms with Crippen LogP contribution in [0.4, 0.5) is 10.1 Å². The number of halogens is 3. The Labute approximate surface area is 143 Å². The summed E-state index contributed by atoms with van der Waals surface area (Å²) >= 11 is 12.1. The Hall–Kier alpha value is -1.78. The Bertz CT molecular complexity index is 751. The van der Waals surface area contributed by atoms with Crippen molar-refractivity contribution in [3.63, 3.8) is 0 Å². The van der Waals surface area contributed by atoms with Crippen LogP contribution < -0.4 is 5.32 Å². The number of hydrogen-bond donors (Lipinski definition) is 1. The molecule has 0 amide bonds. The molecule has 0 radical (unpaired) electrons. The fourth-order valence-corrected chi connectivity index (χ4v) is 3.05. The van der Waals surface area contributed by atoms with E-state index in [0.29, 0.717) is 22.2 Å². The molecular weight excluding hydrogens is 340 g/mol. The standard InChI is InChI=1S/C17H14Cl2FNO2/c1-17(10-5-7-11(20)8-6-10)9-14(16(22)23-17)21-13-4-2-3-12(18)15(13)19/h2-8,14,21H,9H2,1H3. The molecule has 1 fully saturated rings. The molecule has 1 saturated heterocycles. The van der Waals surface area contributed by atoms with Gasteiger partial charge in [-0.1, -0.05) is 41.4 Å². The first-order valence-corrected chi connectivity index (χ1v) is 7.84. The molecule has 6 heteroatoms. The predicted octanol–water partition coefficient (Wildman–Crippen LogP) is 4.78. The highest BCUT2D eigenvalue weighted by Crippen LogP contribution is 2.39. The van der Waals surface area contributed by atoms with Crippen molar-refractivity contribution in [2.24, 2.45) is 0 Å². The van der Waals surface area contributed by atoms with Gasteiger partial charge in [0.05, 0.1) is 15.7 Å². The Morgan fingerprint density at radius 1 is 1.22 bits per heavy atom. The molecule has 0 spiro atoms. The summed E-state index contributed by atoms with van der Waals surface area (Å²) in [5.41, 5.74) is 0.506. The molecule has 2 aromatic carbocycles. The van der Waals surface area contributed by atoms with Crippen LogP contribution in [0.25, 0.3) is 0 Å². The van der Waals surface area contributed by atoms with Crippen molar-refractivity contribution in [2.45, 2.75) is 25.0 Å². The van der Waals surface area contributed by atoms with Crippen LogP contribution in [0, 0.1) is 5.82 Å².